The molecule has 0 fully saturated rings. The molecule has 9 nitrogen and oxygen atoms in total. The topological polar surface area (TPSA) is 94.1 Å². The third-order valence-corrected chi connectivity index (χ3v) is 6.09. The van der Waals surface area contributed by atoms with Gasteiger partial charge in [0.2, 0.25) is 5.82 Å². The van der Waals surface area contributed by atoms with Crippen LogP contribution in [-0.4, -0.2) is 61.3 Å². The van der Waals surface area contributed by atoms with Crippen molar-refractivity contribution in [2.24, 2.45) is 0 Å². The van der Waals surface area contributed by atoms with E-state index < -0.39 is 6.36 Å². The summed E-state index contributed by atoms with van der Waals surface area (Å²) in [6.45, 7) is 12.9. The fourth-order valence-corrected chi connectivity index (χ4v) is 4.27. The number of ether oxygens (including phenoxy) is 1. The Morgan fingerprint density at radius 3 is 2.41 bits per heavy atom. The second kappa shape index (κ2) is 11.9. The maximum absolute atomic E-state index is 12.4. The summed E-state index contributed by atoms with van der Waals surface area (Å²) in [5.41, 5.74) is 2.69. The van der Waals surface area contributed by atoms with E-state index in [9.17, 15) is 13.2 Å². The molecular weight excluding hydrogens is 511 g/mol. The molecule has 12 heteroatoms. The minimum absolute atomic E-state index is 0.200. The number of anilines is 1. The SMILES string of the molecule is Cc1cc(-c2nc(-c3ccc(OC(F)(F)F)cc3)no2)nn1Cc1cccc(NCCN(C(C)C)C(C)C)n1. The molecule has 1 N–H and O–H groups in total. The van der Waals surface area contributed by atoms with Gasteiger partial charge in [0.15, 0.2) is 5.69 Å². The van der Waals surface area contributed by atoms with Gasteiger partial charge >= 0.3 is 6.36 Å². The summed E-state index contributed by atoms with van der Waals surface area (Å²) < 4.78 is 48.2. The van der Waals surface area contributed by atoms with Crippen molar-refractivity contribution >= 4 is 5.82 Å². The molecule has 3 heterocycles. The van der Waals surface area contributed by atoms with E-state index in [4.69, 9.17) is 9.51 Å². The van der Waals surface area contributed by atoms with Crippen LogP contribution in [0.1, 0.15) is 39.1 Å². The van der Waals surface area contributed by atoms with Gasteiger partial charge in [0, 0.05) is 36.4 Å². The summed E-state index contributed by atoms with van der Waals surface area (Å²) in [5, 5.41) is 12.0. The molecule has 0 spiro atoms. The lowest BCUT2D eigenvalue weighted by atomic mass is 10.2. The van der Waals surface area contributed by atoms with Crippen LogP contribution in [0.25, 0.3) is 23.0 Å². The Bertz CT molecular complexity index is 1360. The van der Waals surface area contributed by atoms with Crippen molar-refractivity contribution in [2.75, 3.05) is 18.4 Å². The molecule has 0 saturated heterocycles. The number of nitrogens with one attached hydrogen (secondary N) is 1. The van der Waals surface area contributed by atoms with Crippen molar-refractivity contribution in [2.45, 2.75) is 59.6 Å². The monoisotopic (exact) mass is 543 g/mol. The minimum atomic E-state index is -4.76. The first-order chi connectivity index (χ1) is 18.5. The van der Waals surface area contributed by atoms with Gasteiger partial charge in [0.05, 0.1) is 12.2 Å². The highest BCUT2D eigenvalue weighted by Crippen LogP contribution is 2.27. The van der Waals surface area contributed by atoms with Crippen LogP contribution < -0.4 is 10.1 Å². The van der Waals surface area contributed by atoms with Crippen LogP contribution in [0.15, 0.2) is 53.1 Å². The van der Waals surface area contributed by atoms with Crippen LogP contribution in [0.4, 0.5) is 19.0 Å². The molecule has 208 valence electrons. The highest BCUT2D eigenvalue weighted by molar-refractivity contribution is 5.59. The van der Waals surface area contributed by atoms with Crippen LogP contribution in [-0.2, 0) is 6.54 Å². The van der Waals surface area contributed by atoms with Gasteiger partial charge in [-0.15, -0.1) is 13.2 Å². The maximum atomic E-state index is 12.4. The first-order valence-corrected chi connectivity index (χ1v) is 12.7. The molecule has 4 aromatic rings. The molecule has 0 saturated carbocycles. The highest BCUT2D eigenvalue weighted by atomic mass is 19.4. The van der Waals surface area contributed by atoms with Gasteiger partial charge in [-0.3, -0.25) is 9.58 Å². The van der Waals surface area contributed by atoms with E-state index in [1.165, 1.54) is 24.3 Å². The summed E-state index contributed by atoms with van der Waals surface area (Å²) in [5.74, 6) is 0.902. The van der Waals surface area contributed by atoms with Crippen molar-refractivity contribution in [1.29, 1.82) is 0 Å². The zero-order valence-electron chi connectivity index (χ0n) is 22.5. The molecule has 3 aromatic heterocycles. The number of aromatic nitrogens is 5. The summed E-state index contributed by atoms with van der Waals surface area (Å²) in [7, 11) is 0. The molecule has 0 atom stereocenters. The van der Waals surface area contributed by atoms with Crippen LogP contribution >= 0.6 is 0 Å². The first-order valence-electron chi connectivity index (χ1n) is 12.7. The number of rotatable bonds is 11. The number of alkyl halides is 3. The highest BCUT2D eigenvalue weighted by Gasteiger charge is 2.31. The molecule has 0 amide bonds. The van der Waals surface area contributed by atoms with Gasteiger partial charge in [-0.2, -0.15) is 10.1 Å². The molecule has 39 heavy (non-hydrogen) atoms. The lowest BCUT2D eigenvalue weighted by molar-refractivity contribution is -0.274. The average molecular weight is 544 g/mol. The Balaban J connectivity index is 1.40. The minimum Gasteiger partial charge on any atom is -0.406 e. The average Bonchev–Trinajstić information content (AvgIpc) is 3.48. The number of halogens is 3. The zero-order chi connectivity index (χ0) is 28.2. The lowest BCUT2D eigenvalue weighted by Gasteiger charge is -2.30. The molecule has 0 aliphatic heterocycles. The van der Waals surface area contributed by atoms with E-state index in [1.54, 1.807) is 4.68 Å². The van der Waals surface area contributed by atoms with Crippen LogP contribution in [0.2, 0.25) is 0 Å². The molecule has 0 aliphatic rings. The fraction of sp³-hybridized carbons (Fsp3) is 0.407. The first kappa shape index (κ1) is 28.1. The van der Waals surface area contributed by atoms with Gasteiger partial charge in [0.25, 0.3) is 5.89 Å². The number of pyridine rings is 1. The second-order valence-electron chi connectivity index (χ2n) is 9.69. The van der Waals surface area contributed by atoms with Crippen molar-refractivity contribution in [3.8, 4) is 28.7 Å². The van der Waals surface area contributed by atoms with E-state index in [-0.39, 0.29) is 17.5 Å². The fourth-order valence-electron chi connectivity index (χ4n) is 4.27. The Kier molecular flexibility index (Phi) is 8.54. The van der Waals surface area contributed by atoms with Crippen LogP contribution in [0, 0.1) is 6.92 Å². The molecule has 4 rings (SSSR count). The molecule has 0 aliphatic carbocycles. The zero-order valence-corrected chi connectivity index (χ0v) is 22.5. The van der Waals surface area contributed by atoms with E-state index in [0.717, 1.165) is 30.3 Å². The van der Waals surface area contributed by atoms with E-state index in [0.29, 0.717) is 29.9 Å². The molecular formula is C27H32F3N7O2. The van der Waals surface area contributed by atoms with E-state index >= 15 is 0 Å². The summed E-state index contributed by atoms with van der Waals surface area (Å²) in [6, 6.07) is 13.8. The Morgan fingerprint density at radius 1 is 1.03 bits per heavy atom. The molecule has 0 radical (unpaired) electrons. The summed E-state index contributed by atoms with van der Waals surface area (Å²) in [4.78, 5) is 11.5. The third kappa shape index (κ3) is 7.56. The number of aryl methyl sites for hydroxylation is 1. The smallest absolute Gasteiger partial charge is 0.406 e. The van der Waals surface area contributed by atoms with Gasteiger partial charge in [-0.25, -0.2) is 4.98 Å². The quantitative estimate of drug-likeness (QED) is 0.254. The predicted octanol–water partition coefficient (Wildman–Crippen LogP) is 5.78. The predicted molar refractivity (Wildman–Crippen MR) is 141 cm³/mol. The third-order valence-electron chi connectivity index (χ3n) is 6.09. The van der Waals surface area contributed by atoms with E-state index in [1.807, 2.05) is 31.2 Å². The van der Waals surface area contributed by atoms with Crippen LogP contribution in [0.5, 0.6) is 5.75 Å². The Hall–Kier alpha value is -3.93. The number of nitrogens with zero attached hydrogens (tertiary/aromatic N) is 6. The Labute approximate surface area is 225 Å². The normalized spacial score (nSPS) is 12.1. The number of hydrogen-bond acceptors (Lipinski definition) is 8. The summed E-state index contributed by atoms with van der Waals surface area (Å²) in [6.07, 6.45) is -4.76. The van der Waals surface area contributed by atoms with Crippen LogP contribution in [0.3, 0.4) is 0 Å². The summed E-state index contributed by atoms with van der Waals surface area (Å²) >= 11 is 0. The number of hydrogen-bond donors (Lipinski definition) is 1. The Morgan fingerprint density at radius 2 is 1.74 bits per heavy atom. The van der Waals surface area contributed by atoms with Gasteiger partial charge in [0.1, 0.15) is 11.6 Å². The lowest BCUT2D eigenvalue weighted by Crippen LogP contribution is -2.40. The van der Waals surface area contributed by atoms with Gasteiger partial charge in [-0.1, -0.05) is 11.2 Å². The van der Waals surface area contributed by atoms with E-state index in [2.05, 4.69) is 57.9 Å². The van der Waals surface area contributed by atoms with Crippen molar-refractivity contribution in [1.82, 2.24) is 29.8 Å². The van der Waals surface area contributed by atoms with Gasteiger partial charge in [-0.05, 0) is 77.1 Å². The molecule has 0 bridgehead atoms. The largest absolute Gasteiger partial charge is 0.573 e. The maximum Gasteiger partial charge on any atom is 0.573 e. The standard InChI is InChI=1S/C27H32F3N7O2/c1-17(2)36(18(3)4)14-13-31-24-8-6-7-21(32-24)16-37-19(5)15-23(34-37)26-33-25(35-39-26)20-9-11-22(12-10-20)38-27(28,29)30/h6-12,15,17-18H,13-14,16H2,1-5H3,(H,31,32). The number of benzene rings is 1. The van der Waals surface area contributed by atoms with Crippen molar-refractivity contribution in [3.63, 3.8) is 0 Å². The van der Waals surface area contributed by atoms with Crippen molar-refractivity contribution in [3.05, 3.63) is 59.9 Å². The van der Waals surface area contributed by atoms with Gasteiger partial charge < -0.3 is 14.6 Å². The molecule has 0 unspecified atom stereocenters. The molecule has 1 aromatic carbocycles. The van der Waals surface area contributed by atoms with Crippen molar-refractivity contribution < 1.29 is 22.4 Å². The second-order valence-corrected chi connectivity index (χ2v) is 9.69.